The Kier molecular flexibility index (Phi) is 57.6. The van der Waals surface area contributed by atoms with Gasteiger partial charge in [0.2, 0.25) is 0 Å². The van der Waals surface area contributed by atoms with Gasteiger partial charge in [-0.3, -0.25) is 37.3 Å². The molecule has 88 heavy (non-hydrogen) atoms. The van der Waals surface area contributed by atoms with Crippen molar-refractivity contribution in [2.45, 2.75) is 356 Å². The lowest BCUT2D eigenvalue weighted by Gasteiger charge is -2.21. The number of phosphoric ester groups is 2. The normalized spacial score (nSPS) is 14.6. The van der Waals surface area contributed by atoms with Crippen LogP contribution < -0.4 is 0 Å². The molecule has 0 saturated carbocycles. The minimum absolute atomic E-state index is 0.104. The predicted molar refractivity (Wildman–Crippen MR) is 354 cm³/mol. The average Bonchev–Trinajstić information content (AvgIpc) is 3.58. The van der Waals surface area contributed by atoms with Gasteiger partial charge in [-0.05, 0) is 49.4 Å². The molecule has 0 aromatic carbocycles. The van der Waals surface area contributed by atoms with Crippen molar-refractivity contribution >= 4 is 39.5 Å². The molecule has 0 aromatic rings. The lowest BCUT2D eigenvalue weighted by atomic mass is 10.00. The van der Waals surface area contributed by atoms with Gasteiger partial charge in [0.1, 0.15) is 19.3 Å². The van der Waals surface area contributed by atoms with E-state index in [2.05, 4.69) is 55.4 Å². The third-order valence-corrected chi connectivity index (χ3v) is 18.1. The highest BCUT2D eigenvalue weighted by Gasteiger charge is 2.30. The van der Waals surface area contributed by atoms with Crippen LogP contribution in [-0.2, 0) is 65.4 Å². The van der Waals surface area contributed by atoms with Crippen LogP contribution in [0.3, 0.4) is 0 Å². The first-order valence-corrected chi connectivity index (χ1v) is 38.7. The maximum absolute atomic E-state index is 13.0. The zero-order valence-corrected chi connectivity index (χ0v) is 59.1. The fourth-order valence-corrected chi connectivity index (χ4v) is 11.9. The van der Waals surface area contributed by atoms with Crippen LogP contribution in [0.4, 0.5) is 0 Å². The van der Waals surface area contributed by atoms with E-state index in [1.807, 2.05) is 0 Å². The highest BCUT2D eigenvalue weighted by Crippen LogP contribution is 2.45. The van der Waals surface area contributed by atoms with Crippen LogP contribution in [0.1, 0.15) is 338 Å². The summed E-state index contributed by atoms with van der Waals surface area (Å²) in [7, 11) is -9.90. The van der Waals surface area contributed by atoms with E-state index in [0.717, 1.165) is 120 Å². The Morgan fingerprint density at radius 2 is 0.545 bits per heavy atom. The second-order valence-electron chi connectivity index (χ2n) is 26.6. The van der Waals surface area contributed by atoms with Crippen molar-refractivity contribution in [3.05, 3.63) is 0 Å². The molecule has 0 fully saturated rings. The fraction of sp³-hybridized carbons (Fsp3) is 0.942. The summed E-state index contributed by atoms with van der Waals surface area (Å²) in [6, 6.07) is 0. The molecule has 0 aliphatic heterocycles. The molecule has 522 valence electrons. The number of aliphatic hydroxyl groups is 1. The largest absolute Gasteiger partial charge is 0.472 e. The van der Waals surface area contributed by atoms with Crippen LogP contribution >= 0.6 is 15.6 Å². The van der Waals surface area contributed by atoms with Gasteiger partial charge in [0.05, 0.1) is 26.4 Å². The highest BCUT2D eigenvalue weighted by atomic mass is 31.2. The predicted octanol–water partition coefficient (Wildman–Crippen LogP) is 19.3. The van der Waals surface area contributed by atoms with Gasteiger partial charge in [-0.2, -0.15) is 0 Å². The second kappa shape index (κ2) is 58.8. The van der Waals surface area contributed by atoms with Crippen molar-refractivity contribution in [2.75, 3.05) is 39.6 Å². The molecule has 19 heteroatoms. The topological polar surface area (TPSA) is 237 Å². The summed E-state index contributed by atoms with van der Waals surface area (Å²) in [5.74, 6) is 0.808. The summed E-state index contributed by atoms with van der Waals surface area (Å²) in [5, 5.41) is 10.6. The van der Waals surface area contributed by atoms with Crippen LogP contribution in [0.15, 0.2) is 0 Å². The maximum Gasteiger partial charge on any atom is 0.472 e. The first-order valence-electron chi connectivity index (χ1n) is 35.7. The lowest BCUT2D eigenvalue weighted by molar-refractivity contribution is -0.161. The van der Waals surface area contributed by atoms with Crippen molar-refractivity contribution in [3.8, 4) is 0 Å². The van der Waals surface area contributed by atoms with Crippen molar-refractivity contribution in [1.82, 2.24) is 0 Å². The Balaban J connectivity index is 5.22. The highest BCUT2D eigenvalue weighted by molar-refractivity contribution is 7.47. The molecule has 0 spiro atoms. The van der Waals surface area contributed by atoms with Gasteiger partial charge >= 0.3 is 39.5 Å². The number of unbranched alkanes of at least 4 members (excludes halogenated alkanes) is 31. The number of aliphatic hydroxyl groups excluding tert-OH is 1. The molecule has 3 unspecified atom stereocenters. The summed E-state index contributed by atoms with van der Waals surface area (Å²) in [5.41, 5.74) is 0. The Morgan fingerprint density at radius 3 is 0.807 bits per heavy atom. The minimum atomic E-state index is -4.95. The van der Waals surface area contributed by atoms with E-state index in [-0.39, 0.29) is 25.7 Å². The molecule has 0 heterocycles. The van der Waals surface area contributed by atoms with Gasteiger partial charge in [0.15, 0.2) is 12.2 Å². The number of rotatable bonds is 66. The van der Waals surface area contributed by atoms with Crippen LogP contribution in [0.5, 0.6) is 0 Å². The van der Waals surface area contributed by atoms with Crippen molar-refractivity contribution in [1.29, 1.82) is 0 Å². The van der Waals surface area contributed by atoms with Gasteiger partial charge < -0.3 is 33.8 Å². The Bertz CT molecular complexity index is 1750. The van der Waals surface area contributed by atoms with Gasteiger partial charge in [0.25, 0.3) is 0 Å². The number of esters is 4. The third kappa shape index (κ3) is 61.6. The van der Waals surface area contributed by atoms with E-state index >= 15 is 0 Å². The van der Waals surface area contributed by atoms with Crippen LogP contribution in [-0.4, -0.2) is 96.7 Å². The lowest BCUT2D eigenvalue weighted by Crippen LogP contribution is -2.30. The summed E-state index contributed by atoms with van der Waals surface area (Å²) in [4.78, 5) is 72.4. The van der Waals surface area contributed by atoms with Gasteiger partial charge in [-0.25, -0.2) is 9.13 Å². The van der Waals surface area contributed by atoms with Crippen molar-refractivity contribution in [2.24, 2.45) is 23.7 Å². The van der Waals surface area contributed by atoms with Gasteiger partial charge in [-0.15, -0.1) is 0 Å². The van der Waals surface area contributed by atoms with Crippen LogP contribution in [0.25, 0.3) is 0 Å². The Hall–Kier alpha value is -1.94. The molecule has 0 amide bonds. The summed E-state index contributed by atoms with van der Waals surface area (Å²) in [6.07, 6.45) is 40.5. The number of phosphoric acid groups is 2. The van der Waals surface area contributed by atoms with E-state index < -0.39 is 97.5 Å². The SMILES string of the molecule is CCC(C)CCCCCCCCC(=O)OC[C@H](COP(=O)(O)OC[C@H](O)COP(=O)(O)OC[C@@H](COC(=O)CCCCCCCCC(C)C)OC(=O)CCCCCCCCCCCCCCCCC(C)C)OC(=O)CCCCCCCCCCCC(C)C. The Labute approximate surface area is 537 Å². The molecular weight excluding hydrogens is 1160 g/mol. The average molecular weight is 1300 g/mol. The fourth-order valence-electron chi connectivity index (χ4n) is 10.3. The number of carbonyl (C=O) groups is 4. The number of ether oxygens (including phenoxy) is 4. The molecule has 0 bridgehead atoms. The summed E-state index contributed by atoms with van der Waals surface area (Å²) in [6.45, 7) is 14.0. The van der Waals surface area contributed by atoms with Gasteiger partial charge in [-0.1, -0.05) is 287 Å². The number of carbonyl (C=O) groups excluding carboxylic acids is 4. The zero-order chi connectivity index (χ0) is 65.4. The smallest absolute Gasteiger partial charge is 0.462 e. The third-order valence-electron chi connectivity index (χ3n) is 16.2. The molecule has 0 aromatic heterocycles. The first kappa shape index (κ1) is 86.1. The van der Waals surface area contributed by atoms with Crippen LogP contribution in [0.2, 0.25) is 0 Å². The van der Waals surface area contributed by atoms with Crippen molar-refractivity contribution < 1.29 is 80.2 Å². The molecule has 0 rings (SSSR count). The van der Waals surface area contributed by atoms with Crippen molar-refractivity contribution in [3.63, 3.8) is 0 Å². The minimum Gasteiger partial charge on any atom is -0.462 e. The molecule has 0 aliphatic rings. The van der Waals surface area contributed by atoms with E-state index in [4.69, 9.17) is 37.0 Å². The molecular formula is C69H134O17P2. The summed E-state index contributed by atoms with van der Waals surface area (Å²) < 4.78 is 68.2. The Morgan fingerprint density at radius 1 is 0.318 bits per heavy atom. The van der Waals surface area contributed by atoms with E-state index in [0.29, 0.717) is 31.6 Å². The van der Waals surface area contributed by atoms with E-state index in [1.54, 1.807) is 0 Å². The maximum atomic E-state index is 13.0. The number of hydrogen-bond acceptors (Lipinski definition) is 15. The van der Waals surface area contributed by atoms with E-state index in [1.165, 1.54) is 128 Å². The van der Waals surface area contributed by atoms with Gasteiger partial charge in [0, 0.05) is 25.7 Å². The monoisotopic (exact) mass is 1300 g/mol. The molecule has 0 saturated heterocycles. The molecule has 3 N–H and O–H groups in total. The molecule has 6 atom stereocenters. The standard InChI is InChI=1S/C69H134O17P2/c1-9-62(8)48-40-32-26-28-34-42-50-67(72)80-56-65(86-69(74)52-44-36-24-20-16-18-22-30-38-46-60(4)5)58-84-88(77,78)82-54-63(70)53-81-87(75,76)83-57-64(55-79-66(71)49-41-33-27-25-31-39-47-61(6)7)85-68(73)51-43-35-23-19-15-13-11-10-12-14-17-21-29-37-45-59(2)3/h59-65,70H,9-58H2,1-8H3,(H,75,76)(H,77,78)/t62?,63-,64-,65-/m1/s1. The summed E-state index contributed by atoms with van der Waals surface area (Å²) >= 11 is 0. The molecule has 17 nitrogen and oxygen atoms in total. The zero-order valence-electron chi connectivity index (χ0n) is 57.3. The van der Waals surface area contributed by atoms with E-state index in [9.17, 15) is 43.2 Å². The van der Waals surface area contributed by atoms with Crippen LogP contribution in [0, 0.1) is 23.7 Å². The molecule has 0 aliphatic carbocycles. The molecule has 0 radical (unpaired) electrons. The quantitative estimate of drug-likeness (QED) is 0.0222. The first-order chi connectivity index (χ1) is 42.1. The second-order valence-corrected chi connectivity index (χ2v) is 29.5. The number of hydrogen-bond donors (Lipinski definition) is 3.